The fraction of sp³-hybridized carbons (Fsp3) is 0.188. The zero-order valence-corrected chi connectivity index (χ0v) is 14.3. The van der Waals surface area contributed by atoms with Crippen molar-refractivity contribution in [3.05, 3.63) is 51.7 Å². The summed E-state index contributed by atoms with van der Waals surface area (Å²) < 4.78 is 5.17. The molecule has 24 heavy (non-hydrogen) atoms. The first-order valence-electron chi connectivity index (χ1n) is 7.34. The van der Waals surface area contributed by atoms with Crippen LogP contribution in [0.25, 0.3) is 10.6 Å². The lowest BCUT2D eigenvalue weighted by Crippen LogP contribution is -2.29. The van der Waals surface area contributed by atoms with Crippen LogP contribution < -0.4 is 10.6 Å². The van der Waals surface area contributed by atoms with Gasteiger partial charge >= 0.3 is 0 Å². The van der Waals surface area contributed by atoms with E-state index >= 15 is 0 Å². The molecule has 0 saturated heterocycles. The second kappa shape index (κ2) is 7.89. The van der Waals surface area contributed by atoms with Crippen molar-refractivity contribution < 1.29 is 14.1 Å². The standard InChI is InChI=1S/C16H15N3O3S2/c20-15(11-10-12(22-19-11)13-4-1-8-23-13)17-6-3-7-18-16(21)14-5-2-9-24-14/h1-2,4-5,8-10H,3,6-7H2,(H,17,20)(H,18,21). The lowest BCUT2D eigenvalue weighted by molar-refractivity contribution is 0.0944. The third-order valence-electron chi connectivity index (χ3n) is 3.18. The van der Waals surface area contributed by atoms with E-state index < -0.39 is 0 Å². The Bertz CT molecular complexity index is 795. The van der Waals surface area contributed by atoms with E-state index in [9.17, 15) is 9.59 Å². The number of rotatable bonds is 7. The summed E-state index contributed by atoms with van der Waals surface area (Å²) in [5.41, 5.74) is 0.251. The Labute approximate surface area is 146 Å². The summed E-state index contributed by atoms with van der Waals surface area (Å²) in [6.45, 7) is 0.945. The van der Waals surface area contributed by atoms with Gasteiger partial charge in [-0.25, -0.2) is 0 Å². The van der Waals surface area contributed by atoms with Crippen molar-refractivity contribution in [3.63, 3.8) is 0 Å². The molecular formula is C16H15N3O3S2. The number of aromatic nitrogens is 1. The molecule has 2 N–H and O–H groups in total. The minimum Gasteiger partial charge on any atom is -0.355 e. The topological polar surface area (TPSA) is 84.2 Å². The molecule has 3 aromatic rings. The minimum atomic E-state index is -0.286. The van der Waals surface area contributed by atoms with Gasteiger partial charge < -0.3 is 15.2 Å². The second-order valence-electron chi connectivity index (χ2n) is 4.90. The molecule has 0 radical (unpaired) electrons. The maximum atomic E-state index is 12.0. The molecule has 6 nitrogen and oxygen atoms in total. The van der Waals surface area contributed by atoms with Crippen LogP contribution in [0.1, 0.15) is 26.6 Å². The Balaban J connectivity index is 1.39. The first kappa shape index (κ1) is 16.4. The lowest BCUT2D eigenvalue weighted by Gasteiger charge is -2.04. The van der Waals surface area contributed by atoms with Gasteiger partial charge in [0.05, 0.1) is 9.75 Å². The zero-order valence-electron chi connectivity index (χ0n) is 12.7. The second-order valence-corrected chi connectivity index (χ2v) is 6.79. The lowest BCUT2D eigenvalue weighted by atomic mass is 10.3. The molecule has 0 saturated carbocycles. The fourth-order valence-corrected chi connectivity index (χ4v) is 3.31. The first-order valence-corrected chi connectivity index (χ1v) is 9.10. The van der Waals surface area contributed by atoms with Crippen molar-refractivity contribution in [1.82, 2.24) is 15.8 Å². The summed E-state index contributed by atoms with van der Waals surface area (Å²) in [6, 6.07) is 9.05. The molecule has 0 unspecified atom stereocenters. The fourth-order valence-electron chi connectivity index (χ4n) is 1.99. The van der Waals surface area contributed by atoms with Crippen LogP contribution in [0.2, 0.25) is 0 Å². The van der Waals surface area contributed by atoms with E-state index in [1.165, 1.54) is 22.7 Å². The molecule has 3 aromatic heterocycles. The van der Waals surface area contributed by atoms with Crippen molar-refractivity contribution in [2.45, 2.75) is 6.42 Å². The van der Waals surface area contributed by atoms with Gasteiger partial charge in [-0.05, 0) is 29.3 Å². The number of hydrogen-bond acceptors (Lipinski definition) is 6. The Morgan fingerprint density at radius 2 is 1.79 bits per heavy atom. The summed E-state index contributed by atoms with van der Waals surface area (Å²) >= 11 is 2.92. The number of nitrogens with one attached hydrogen (secondary N) is 2. The van der Waals surface area contributed by atoms with Gasteiger partial charge in [-0.2, -0.15) is 0 Å². The van der Waals surface area contributed by atoms with Gasteiger partial charge in [-0.15, -0.1) is 22.7 Å². The molecule has 0 fully saturated rings. The third kappa shape index (κ3) is 4.09. The van der Waals surface area contributed by atoms with Crippen LogP contribution in [0.3, 0.4) is 0 Å². The Kier molecular flexibility index (Phi) is 5.39. The van der Waals surface area contributed by atoms with Crippen LogP contribution in [-0.2, 0) is 0 Å². The van der Waals surface area contributed by atoms with E-state index in [1.54, 1.807) is 12.1 Å². The summed E-state index contributed by atoms with van der Waals surface area (Å²) in [5.74, 6) is 0.206. The highest BCUT2D eigenvalue weighted by Gasteiger charge is 2.13. The number of hydrogen-bond donors (Lipinski definition) is 2. The van der Waals surface area contributed by atoms with Crippen molar-refractivity contribution in [2.75, 3.05) is 13.1 Å². The average molecular weight is 361 g/mol. The summed E-state index contributed by atoms with van der Waals surface area (Å²) in [4.78, 5) is 25.3. The zero-order chi connectivity index (χ0) is 16.8. The van der Waals surface area contributed by atoms with E-state index in [4.69, 9.17) is 4.52 Å². The molecule has 0 aromatic carbocycles. The number of thiophene rings is 2. The van der Waals surface area contributed by atoms with Gasteiger partial charge in [0.2, 0.25) is 0 Å². The van der Waals surface area contributed by atoms with Crippen LogP contribution in [0.5, 0.6) is 0 Å². The van der Waals surface area contributed by atoms with Crippen LogP contribution in [0.15, 0.2) is 45.6 Å². The van der Waals surface area contributed by atoms with E-state index in [2.05, 4.69) is 15.8 Å². The van der Waals surface area contributed by atoms with Crippen LogP contribution in [0, 0.1) is 0 Å². The quantitative estimate of drug-likeness (QED) is 0.634. The highest BCUT2D eigenvalue weighted by Crippen LogP contribution is 2.24. The van der Waals surface area contributed by atoms with E-state index in [0.29, 0.717) is 30.1 Å². The SMILES string of the molecule is O=C(NCCCNC(=O)c1cccs1)c1cc(-c2cccs2)on1. The smallest absolute Gasteiger partial charge is 0.273 e. The maximum absolute atomic E-state index is 12.0. The normalized spacial score (nSPS) is 10.5. The van der Waals surface area contributed by atoms with Crippen molar-refractivity contribution in [2.24, 2.45) is 0 Å². The molecule has 0 atom stereocenters. The molecule has 0 aliphatic rings. The summed E-state index contributed by atoms with van der Waals surface area (Å²) in [7, 11) is 0. The van der Waals surface area contributed by atoms with Crippen LogP contribution in [-0.4, -0.2) is 30.1 Å². The van der Waals surface area contributed by atoms with E-state index in [-0.39, 0.29) is 17.5 Å². The van der Waals surface area contributed by atoms with Gasteiger partial charge in [0, 0.05) is 19.2 Å². The number of carbonyl (C=O) groups excluding carboxylic acids is 2. The summed E-state index contributed by atoms with van der Waals surface area (Å²) in [5, 5.41) is 13.1. The number of nitrogens with zero attached hydrogens (tertiary/aromatic N) is 1. The number of carbonyl (C=O) groups is 2. The van der Waals surface area contributed by atoms with Gasteiger partial charge in [-0.3, -0.25) is 9.59 Å². The van der Waals surface area contributed by atoms with Gasteiger partial charge in [0.15, 0.2) is 11.5 Å². The predicted octanol–water partition coefficient (Wildman–Crippen LogP) is 3.01. The molecule has 0 spiro atoms. The molecule has 8 heteroatoms. The molecule has 3 rings (SSSR count). The van der Waals surface area contributed by atoms with Crippen molar-refractivity contribution in [1.29, 1.82) is 0 Å². The molecule has 2 amide bonds. The van der Waals surface area contributed by atoms with Gasteiger partial charge in [-0.1, -0.05) is 17.3 Å². The first-order chi connectivity index (χ1) is 11.7. The molecule has 0 bridgehead atoms. The Hall–Kier alpha value is -2.45. The van der Waals surface area contributed by atoms with Crippen molar-refractivity contribution >= 4 is 34.5 Å². The molecular weight excluding hydrogens is 346 g/mol. The minimum absolute atomic E-state index is 0.0894. The van der Waals surface area contributed by atoms with E-state index in [1.807, 2.05) is 29.0 Å². The monoisotopic (exact) mass is 361 g/mol. The van der Waals surface area contributed by atoms with E-state index in [0.717, 1.165) is 4.88 Å². The van der Waals surface area contributed by atoms with Crippen molar-refractivity contribution in [3.8, 4) is 10.6 Å². The molecule has 124 valence electrons. The third-order valence-corrected chi connectivity index (χ3v) is 4.93. The molecule has 3 heterocycles. The largest absolute Gasteiger partial charge is 0.355 e. The number of amides is 2. The predicted molar refractivity (Wildman–Crippen MR) is 93.4 cm³/mol. The Morgan fingerprint density at radius 1 is 1.04 bits per heavy atom. The summed E-state index contributed by atoms with van der Waals surface area (Å²) in [6.07, 6.45) is 0.637. The highest BCUT2D eigenvalue weighted by molar-refractivity contribution is 7.13. The average Bonchev–Trinajstić information content (AvgIpc) is 3.35. The molecule has 0 aliphatic heterocycles. The van der Waals surface area contributed by atoms with Crippen LogP contribution in [0.4, 0.5) is 0 Å². The van der Waals surface area contributed by atoms with Crippen LogP contribution >= 0.6 is 22.7 Å². The molecule has 0 aliphatic carbocycles. The Morgan fingerprint density at radius 3 is 2.50 bits per heavy atom. The van der Waals surface area contributed by atoms with Gasteiger partial charge in [0.25, 0.3) is 11.8 Å². The highest BCUT2D eigenvalue weighted by atomic mass is 32.1. The van der Waals surface area contributed by atoms with Gasteiger partial charge in [0.1, 0.15) is 0 Å². The maximum Gasteiger partial charge on any atom is 0.273 e.